The van der Waals surface area contributed by atoms with Gasteiger partial charge in [0.2, 0.25) is 5.09 Å². The molecule has 7 nitrogen and oxygen atoms in total. The van der Waals surface area contributed by atoms with Crippen LogP contribution in [0.25, 0.3) is 0 Å². The van der Waals surface area contributed by atoms with Gasteiger partial charge in [-0.15, -0.1) is 0 Å². The Bertz CT molecular complexity index is 842. The summed E-state index contributed by atoms with van der Waals surface area (Å²) in [5.41, 5.74) is 3.37. The molecule has 1 amide bonds. The molecule has 9 heteroatoms. The number of hydrogen-bond donors (Lipinski definition) is 1. The number of hydrogen-bond acceptors (Lipinski definition) is 6. The standard InChI is InChI=1S/C13H11ClN2O5S/c1-8-2-4-10(11(14)6-8)13(17)16-15-7-9-3-5-12(21-9)22(18,19)20/h2-7H,1H3,(H,16,17)(H,18,19,20)/p-1. The van der Waals surface area contributed by atoms with Gasteiger partial charge in [0.25, 0.3) is 5.91 Å². The van der Waals surface area contributed by atoms with Crippen molar-refractivity contribution in [3.05, 3.63) is 52.2 Å². The van der Waals surface area contributed by atoms with E-state index in [9.17, 15) is 17.8 Å². The lowest BCUT2D eigenvalue weighted by atomic mass is 10.1. The highest BCUT2D eigenvalue weighted by molar-refractivity contribution is 7.85. The van der Waals surface area contributed by atoms with Gasteiger partial charge in [0.05, 0.1) is 16.8 Å². The molecule has 0 unspecified atom stereocenters. The van der Waals surface area contributed by atoms with Gasteiger partial charge in [0.15, 0.2) is 10.1 Å². The molecule has 2 aromatic rings. The van der Waals surface area contributed by atoms with Crippen molar-refractivity contribution in [3.8, 4) is 0 Å². The normalized spacial score (nSPS) is 11.8. The van der Waals surface area contributed by atoms with Gasteiger partial charge in [0, 0.05) is 0 Å². The van der Waals surface area contributed by atoms with Crippen LogP contribution in [0.3, 0.4) is 0 Å². The maximum atomic E-state index is 11.8. The number of hydrazone groups is 1. The zero-order valence-electron chi connectivity index (χ0n) is 11.2. The van der Waals surface area contributed by atoms with Crippen molar-refractivity contribution < 1.29 is 22.2 Å². The summed E-state index contributed by atoms with van der Waals surface area (Å²) in [4.78, 5) is 11.8. The summed E-state index contributed by atoms with van der Waals surface area (Å²) in [6.07, 6.45) is 1.06. The van der Waals surface area contributed by atoms with Gasteiger partial charge < -0.3 is 8.97 Å². The van der Waals surface area contributed by atoms with Gasteiger partial charge in [-0.05, 0) is 36.8 Å². The first-order valence-electron chi connectivity index (χ1n) is 5.92. The smallest absolute Gasteiger partial charge is 0.272 e. The molecule has 0 aliphatic heterocycles. The number of carbonyl (C=O) groups excluding carboxylic acids is 1. The number of benzene rings is 1. The highest BCUT2D eigenvalue weighted by atomic mass is 35.5. The first-order chi connectivity index (χ1) is 10.3. The Kier molecular flexibility index (Phi) is 4.65. The third-order valence-corrected chi connectivity index (χ3v) is 3.60. The predicted octanol–water partition coefficient (Wildman–Crippen LogP) is 1.91. The number of carbonyl (C=O) groups is 1. The number of amides is 1. The van der Waals surface area contributed by atoms with Crippen LogP contribution in [-0.4, -0.2) is 25.1 Å². The van der Waals surface area contributed by atoms with Gasteiger partial charge in [-0.1, -0.05) is 17.7 Å². The molecule has 0 spiro atoms. The van der Waals surface area contributed by atoms with Crippen molar-refractivity contribution in [1.82, 2.24) is 5.43 Å². The van der Waals surface area contributed by atoms with E-state index in [1.807, 2.05) is 6.92 Å². The third-order valence-electron chi connectivity index (χ3n) is 2.58. The molecule has 0 aliphatic rings. The van der Waals surface area contributed by atoms with E-state index >= 15 is 0 Å². The van der Waals surface area contributed by atoms with Crippen molar-refractivity contribution >= 4 is 33.8 Å². The van der Waals surface area contributed by atoms with E-state index in [1.165, 1.54) is 6.07 Å². The van der Waals surface area contributed by atoms with Crippen LogP contribution in [-0.2, 0) is 10.1 Å². The topological polar surface area (TPSA) is 112 Å². The van der Waals surface area contributed by atoms with Crippen molar-refractivity contribution in [1.29, 1.82) is 0 Å². The first-order valence-corrected chi connectivity index (χ1v) is 7.71. The minimum atomic E-state index is -4.66. The summed E-state index contributed by atoms with van der Waals surface area (Å²) in [5.74, 6) is -0.533. The summed E-state index contributed by atoms with van der Waals surface area (Å²) >= 11 is 5.94. The Labute approximate surface area is 131 Å². The van der Waals surface area contributed by atoms with Crippen LogP contribution in [0.15, 0.2) is 44.9 Å². The predicted molar refractivity (Wildman–Crippen MR) is 77.9 cm³/mol. The Morgan fingerprint density at radius 2 is 2.09 bits per heavy atom. The SMILES string of the molecule is Cc1ccc(C(=O)NN=Cc2ccc(S(=O)(=O)[O-])o2)c(Cl)c1. The maximum absolute atomic E-state index is 11.8. The number of nitrogens with zero attached hydrogens (tertiary/aromatic N) is 1. The summed E-state index contributed by atoms with van der Waals surface area (Å²) in [6, 6.07) is 7.15. The van der Waals surface area contributed by atoms with Crippen molar-refractivity contribution in [2.24, 2.45) is 5.10 Å². The molecular weight excluding hydrogens is 332 g/mol. The Morgan fingerprint density at radius 1 is 1.36 bits per heavy atom. The van der Waals surface area contributed by atoms with Gasteiger partial charge in [-0.3, -0.25) is 4.79 Å². The molecule has 1 aromatic heterocycles. The van der Waals surface area contributed by atoms with E-state index < -0.39 is 21.1 Å². The second kappa shape index (κ2) is 6.30. The zero-order valence-corrected chi connectivity index (χ0v) is 12.8. The van der Waals surface area contributed by atoms with Crippen LogP contribution in [0.4, 0.5) is 0 Å². The first kappa shape index (κ1) is 16.2. The molecule has 0 atom stereocenters. The van der Waals surface area contributed by atoms with E-state index in [0.29, 0.717) is 0 Å². The van der Waals surface area contributed by atoms with Crippen LogP contribution in [0, 0.1) is 6.92 Å². The fraction of sp³-hybridized carbons (Fsp3) is 0.0769. The molecule has 0 aliphatic carbocycles. The highest BCUT2D eigenvalue weighted by Crippen LogP contribution is 2.17. The number of rotatable bonds is 4. The van der Waals surface area contributed by atoms with E-state index in [-0.39, 0.29) is 16.3 Å². The lowest BCUT2D eigenvalue weighted by Crippen LogP contribution is -2.18. The number of halogens is 1. The molecule has 22 heavy (non-hydrogen) atoms. The van der Waals surface area contributed by atoms with E-state index in [1.54, 1.807) is 18.2 Å². The zero-order chi connectivity index (χ0) is 16.3. The lowest BCUT2D eigenvalue weighted by Gasteiger charge is -2.03. The molecule has 0 radical (unpaired) electrons. The fourth-order valence-corrected chi connectivity index (χ4v) is 2.31. The second-order valence-electron chi connectivity index (χ2n) is 4.29. The van der Waals surface area contributed by atoms with Crippen molar-refractivity contribution in [3.63, 3.8) is 0 Å². The highest BCUT2D eigenvalue weighted by Gasteiger charge is 2.10. The summed E-state index contributed by atoms with van der Waals surface area (Å²) in [6.45, 7) is 1.84. The Morgan fingerprint density at radius 3 is 2.68 bits per heavy atom. The molecule has 0 saturated heterocycles. The van der Waals surface area contributed by atoms with Gasteiger partial charge in [-0.2, -0.15) is 5.10 Å². The number of nitrogens with one attached hydrogen (secondary N) is 1. The average molecular weight is 342 g/mol. The van der Waals surface area contributed by atoms with Gasteiger partial charge >= 0.3 is 0 Å². The average Bonchev–Trinajstić information content (AvgIpc) is 2.87. The fourth-order valence-electron chi connectivity index (χ4n) is 1.56. The summed E-state index contributed by atoms with van der Waals surface area (Å²) in [7, 11) is -4.66. The largest absolute Gasteiger partial charge is 0.742 e. The van der Waals surface area contributed by atoms with Crippen molar-refractivity contribution in [2.45, 2.75) is 12.0 Å². The monoisotopic (exact) mass is 341 g/mol. The molecule has 0 fully saturated rings. The third kappa shape index (κ3) is 3.94. The minimum absolute atomic E-state index is 0.00438. The van der Waals surface area contributed by atoms with E-state index in [0.717, 1.165) is 17.8 Å². The molecule has 1 aromatic carbocycles. The summed E-state index contributed by atoms with van der Waals surface area (Å²) in [5, 5.41) is 3.17. The Balaban J connectivity index is 2.06. The molecular formula is C13H10ClN2O5S-. The number of aryl methyl sites for hydroxylation is 1. The number of furan rings is 1. The van der Waals surface area contributed by atoms with Gasteiger partial charge in [0.1, 0.15) is 5.76 Å². The van der Waals surface area contributed by atoms with Crippen molar-refractivity contribution in [2.75, 3.05) is 0 Å². The summed E-state index contributed by atoms with van der Waals surface area (Å²) < 4.78 is 36.8. The second-order valence-corrected chi connectivity index (χ2v) is 6.01. The van der Waals surface area contributed by atoms with Crippen LogP contribution < -0.4 is 5.43 Å². The van der Waals surface area contributed by atoms with E-state index in [4.69, 9.17) is 16.0 Å². The molecule has 0 bridgehead atoms. The van der Waals surface area contributed by atoms with Gasteiger partial charge in [-0.25, -0.2) is 13.8 Å². The molecule has 1 N–H and O–H groups in total. The van der Waals surface area contributed by atoms with Crippen LogP contribution in [0.2, 0.25) is 5.02 Å². The van der Waals surface area contributed by atoms with Crippen LogP contribution >= 0.6 is 11.6 Å². The lowest BCUT2D eigenvalue weighted by molar-refractivity contribution is 0.0955. The quantitative estimate of drug-likeness (QED) is 0.518. The molecule has 0 saturated carbocycles. The molecule has 1 heterocycles. The minimum Gasteiger partial charge on any atom is -0.742 e. The van der Waals surface area contributed by atoms with Crippen LogP contribution in [0.1, 0.15) is 21.7 Å². The molecule has 2 rings (SSSR count). The van der Waals surface area contributed by atoms with E-state index in [2.05, 4.69) is 10.5 Å². The molecule has 116 valence electrons. The maximum Gasteiger partial charge on any atom is 0.272 e. The Hall–Kier alpha value is -2.16. The van der Waals surface area contributed by atoms with Crippen LogP contribution in [0.5, 0.6) is 0 Å².